The van der Waals surface area contributed by atoms with E-state index < -0.39 is 4.92 Å². The summed E-state index contributed by atoms with van der Waals surface area (Å²) in [6.45, 7) is 1.43. The second-order valence-corrected chi connectivity index (χ2v) is 4.45. The molecular weight excluding hydrogens is 274 g/mol. The van der Waals surface area contributed by atoms with E-state index in [1.54, 1.807) is 18.2 Å². The van der Waals surface area contributed by atoms with Gasteiger partial charge >= 0.3 is 0 Å². The van der Waals surface area contributed by atoms with Gasteiger partial charge in [-0.1, -0.05) is 12.1 Å². The zero-order valence-electron chi connectivity index (χ0n) is 11.3. The fourth-order valence-corrected chi connectivity index (χ4v) is 1.86. The number of Topliss-reactive ketones (excluding diaryl/α,β-unsaturated/α-hetero) is 1. The Kier molecular flexibility index (Phi) is 4.18. The van der Waals surface area contributed by atoms with Crippen molar-refractivity contribution in [3.8, 4) is 11.5 Å². The number of carbonyl (C=O) groups excluding carboxylic acids is 1. The van der Waals surface area contributed by atoms with Gasteiger partial charge in [0.25, 0.3) is 5.69 Å². The third-order valence-electron chi connectivity index (χ3n) is 2.86. The number of carbonyl (C=O) groups is 1. The molecule has 0 fully saturated rings. The van der Waals surface area contributed by atoms with Gasteiger partial charge in [0.15, 0.2) is 5.78 Å². The summed E-state index contributed by atoms with van der Waals surface area (Å²) in [5.74, 6) is 0.0327. The predicted molar refractivity (Wildman–Crippen MR) is 75.5 cm³/mol. The van der Waals surface area contributed by atoms with E-state index in [1.807, 2.05) is 0 Å². The van der Waals surface area contributed by atoms with E-state index in [0.717, 1.165) is 5.56 Å². The Morgan fingerprint density at radius 2 is 2.05 bits per heavy atom. The summed E-state index contributed by atoms with van der Waals surface area (Å²) < 4.78 is 5.45. The van der Waals surface area contributed by atoms with Crippen molar-refractivity contribution in [2.45, 2.75) is 13.5 Å². The SMILES string of the molecule is CC(=O)c1ccc(OCc2cccc(O)c2)cc1[N+](=O)[O-]. The van der Waals surface area contributed by atoms with Gasteiger partial charge < -0.3 is 9.84 Å². The Morgan fingerprint density at radius 3 is 2.67 bits per heavy atom. The number of benzene rings is 2. The summed E-state index contributed by atoms with van der Waals surface area (Å²) in [6.07, 6.45) is 0. The number of nitro groups is 1. The van der Waals surface area contributed by atoms with Crippen LogP contribution in [0.4, 0.5) is 5.69 Å². The van der Waals surface area contributed by atoms with E-state index in [1.165, 1.54) is 31.2 Å². The first-order chi connectivity index (χ1) is 9.97. The molecule has 2 aromatic carbocycles. The van der Waals surface area contributed by atoms with Gasteiger partial charge in [-0.05, 0) is 36.8 Å². The number of nitrogens with zero attached hydrogens (tertiary/aromatic N) is 1. The molecule has 0 unspecified atom stereocenters. The molecule has 0 aliphatic heterocycles. The van der Waals surface area contributed by atoms with E-state index in [0.29, 0.717) is 0 Å². The van der Waals surface area contributed by atoms with Gasteiger partial charge in [-0.2, -0.15) is 0 Å². The van der Waals surface area contributed by atoms with Crippen LogP contribution in [0.2, 0.25) is 0 Å². The first-order valence-corrected chi connectivity index (χ1v) is 6.17. The number of ketones is 1. The summed E-state index contributed by atoms with van der Waals surface area (Å²) >= 11 is 0. The van der Waals surface area contributed by atoms with E-state index in [-0.39, 0.29) is 35.1 Å². The quantitative estimate of drug-likeness (QED) is 0.518. The molecule has 21 heavy (non-hydrogen) atoms. The molecule has 0 saturated heterocycles. The molecule has 0 aromatic heterocycles. The molecule has 6 nitrogen and oxygen atoms in total. The average molecular weight is 287 g/mol. The van der Waals surface area contributed by atoms with Crippen molar-refractivity contribution in [3.63, 3.8) is 0 Å². The fourth-order valence-electron chi connectivity index (χ4n) is 1.86. The van der Waals surface area contributed by atoms with Crippen LogP contribution in [0.3, 0.4) is 0 Å². The lowest BCUT2D eigenvalue weighted by Crippen LogP contribution is -2.02. The lowest BCUT2D eigenvalue weighted by atomic mass is 10.1. The molecule has 0 saturated carbocycles. The normalized spacial score (nSPS) is 10.1. The number of phenolic OH excluding ortho intramolecular Hbond substituents is 1. The lowest BCUT2D eigenvalue weighted by Gasteiger charge is -2.07. The van der Waals surface area contributed by atoms with Crippen LogP contribution in [-0.2, 0) is 6.61 Å². The minimum Gasteiger partial charge on any atom is -0.508 e. The molecule has 0 spiro atoms. The summed E-state index contributed by atoms with van der Waals surface area (Å²) in [6, 6.07) is 10.6. The standard InChI is InChI=1S/C15H13NO5/c1-10(17)14-6-5-13(8-15(14)16(19)20)21-9-11-3-2-4-12(18)7-11/h2-8,18H,9H2,1H3. The Morgan fingerprint density at radius 1 is 1.29 bits per heavy atom. The average Bonchev–Trinajstić information content (AvgIpc) is 2.44. The molecule has 0 bridgehead atoms. The van der Waals surface area contributed by atoms with Gasteiger partial charge in [-0.15, -0.1) is 0 Å². The summed E-state index contributed by atoms with van der Waals surface area (Å²) in [5, 5.41) is 20.3. The highest BCUT2D eigenvalue weighted by Gasteiger charge is 2.18. The highest BCUT2D eigenvalue weighted by Crippen LogP contribution is 2.26. The summed E-state index contributed by atoms with van der Waals surface area (Å²) in [7, 11) is 0. The molecule has 0 atom stereocenters. The number of phenols is 1. The number of ether oxygens (including phenoxy) is 1. The number of nitro benzene ring substituents is 1. The molecular formula is C15H13NO5. The van der Waals surface area contributed by atoms with Gasteiger partial charge in [-0.25, -0.2) is 0 Å². The molecule has 0 aliphatic carbocycles. The minimum absolute atomic E-state index is 0.0460. The first-order valence-electron chi connectivity index (χ1n) is 6.17. The molecule has 0 radical (unpaired) electrons. The molecule has 0 amide bonds. The molecule has 1 N–H and O–H groups in total. The lowest BCUT2D eigenvalue weighted by molar-refractivity contribution is -0.385. The van der Waals surface area contributed by atoms with Crippen LogP contribution < -0.4 is 4.74 Å². The van der Waals surface area contributed by atoms with Crippen LogP contribution in [0.1, 0.15) is 22.8 Å². The van der Waals surface area contributed by atoms with Crippen molar-refractivity contribution < 1.29 is 19.6 Å². The number of hydrogen-bond donors (Lipinski definition) is 1. The van der Waals surface area contributed by atoms with E-state index in [2.05, 4.69) is 0 Å². The smallest absolute Gasteiger partial charge is 0.283 e. The van der Waals surface area contributed by atoms with Gasteiger partial charge in [-0.3, -0.25) is 14.9 Å². The van der Waals surface area contributed by atoms with E-state index in [4.69, 9.17) is 4.74 Å². The summed E-state index contributed by atoms with van der Waals surface area (Å²) in [5.41, 5.74) is 0.494. The molecule has 0 heterocycles. The molecule has 6 heteroatoms. The van der Waals surface area contributed by atoms with Crippen molar-refractivity contribution >= 4 is 11.5 Å². The van der Waals surface area contributed by atoms with Crippen molar-refractivity contribution in [2.75, 3.05) is 0 Å². The maximum atomic E-state index is 11.3. The monoisotopic (exact) mass is 287 g/mol. The first kappa shape index (κ1) is 14.5. The van der Waals surface area contributed by atoms with Crippen molar-refractivity contribution in [2.24, 2.45) is 0 Å². The van der Waals surface area contributed by atoms with Gasteiger partial charge in [0.2, 0.25) is 0 Å². The Labute approximate surface area is 120 Å². The van der Waals surface area contributed by atoms with Gasteiger partial charge in [0.05, 0.1) is 16.6 Å². The predicted octanol–water partition coefficient (Wildman–Crippen LogP) is 3.08. The topological polar surface area (TPSA) is 89.7 Å². The van der Waals surface area contributed by atoms with E-state index in [9.17, 15) is 20.0 Å². The van der Waals surface area contributed by atoms with Crippen LogP contribution in [0.25, 0.3) is 0 Å². The van der Waals surface area contributed by atoms with Crippen LogP contribution in [0.5, 0.6) is 11.5 Å². The largest absolute Gasteiger partial charge is 0.508 e. The maximum absolute atomic E-state index is 11.3. The number of hydrogen-bond acceptors (Lipinski definition) is 5. The highest BCUT2D eigenvalue weighted by atomic mass is 16.6. The van der Waals surface area contributed by atoms with Crippen molar-refractivity contribution in [3.05, 3.63) is 63.7 Å². The summed E-state index contributed by atoms with van der Waals surface area (Å²) in [4.78, 5) is 21.7. The van der Waals surface area contributed by atoms with Crippen molar-refractivity contribution in [1.29, 1.82) is 0 Å². The second kappa shape index (κ2) is 6.04. The molecule has 108 valence electrons. The molecule has 2 rings (SSSR count). The van der Waals surface area contributed by atoms with Gasteiger partial charge in [0, 0.05) is 0 Å². The van der Waals surface area contributed by atoms with Crippen LogP contribution in [0, 0.1) is 10.1 Å². The third-order valence-corrected chi connectivity index (χ3v) is 2.86. The minimum atomic E-state index is -0.613. The van der Waals surface area contributed by atoms with Crippen LogP contribution in [-0.4, -0.2) is 15.8 Å². The maximum Gasteiger partial charge on any atom is 0.283 e. The highest BCUT2D eigenvalue weighted by molar-refractivity contribution is 5.98. The number of aromatic hydroxyl groups is 1. The molecule has 0 aliphatic rings. The van der Waals surface area contributed by atoms with Crippen LogP contribution >= 0.6 is 0 Å². The number of rotatable bonds is 5. The third kappa shape index (κ3) is 3.56. The van der Waals surface area contributed by atoms with Crippen LogP contribution in [0.15, 0.2) is 42.5 Å². The second-order valence-electron chi connectivity index (χ2n) is 4.45. The fraction of sp³-hybridized carbons (Fsp3) is 0.133. The Bertz CT molecular complexity index is 696. The Balaban J connectivity index is 2.19. The van der Waals surface area contributed by atoms with Crippen molar-refractivity contribution in [1.82, 2.24) is 0 Å². The van der Waals surface area contributed by atoms with E-state index >= 15 is 0 Å². The van der Waals surface area contributed by atoms with Gasteiger partial charge in [0.1, 0.15) is 18.1 Å². The Hall–Kier alpha value is -2.89. The zero-order valence-corrected chi connectivity index (χ0v) is 11.3. The molecule has 2 aromatic rings. The zero-order chi connectivity index (χ0) is 15.4.